The number of hydrogen-bond acceptors (Lipinski definition) is 7. The van der Waals surface area contributed by atoms with Crippen molar-refractivity contribution < 1.29 is 32.2 Å². The highest BCUT2D eigenvalue weighted by Crippen LogP contribution is 2.35. The average Bonchev–Trinajstić information content (AvgIpc) is 2.90. The fourth-order valence-corrected chi connectivity index (χ4v) is 5.23. The van der Waals surface area contributed by atoms with Crippen molar-refractivity contribution in [3.05, 3.63) is 48.0 Å². The first-order chi connectivity index (χ1) is 18.1. The summed E-state index contributed by atoms with van der Waals surface area (Å²) < 4.78 is 43.9. The minimum atomic E-state index is -3.85. The van der Waals surface area contributed by atoms with E-state index in [1.807, 2.05) is 26.8 Å². The van der Waals surface area contributed by atoms with Gasteiger partial charge in [-0.1, -0.05) is 19.1 Å². The first-order valence-electron chi connectivity index (χ1n) is 12.7. The first-order valence-corrected chi connectivity index (χ1v) is 14.3. The van der Waals surface area contributed by atoms with Crippen LogP contribution in [-0.2, 0) is 26.2 Å². The van der Waals surface area contributed by atoms with Crippen molar-refractivity contribution in [3.8, 4) is 17.2 Å². The summed E-state index contributed by atoms with van der Waals surface area (Å²) in [6, 6.07) is 11.1. The van der Waals surface area contributed by atoms with Gasteiger partial charge in [-0.05, 0) is 57.0 Å². The molecule has 0 aromatic heterocycles. The zero-order chi connectivity index (χ0) is 27.9. The summed E-state index contributed by atoms with van der Waals surface area (Å²) in [5.74, 6) is 0.509. The van der Waals surface area contributed by atoms with Crippen molar-refractivity contribution in [3.63, 3.8) is 0 Å². The van der Waals surface area contributed by atoms with Gasteiger partial charge in [-0.25, -0.2) is 8.42 Å². The van der Waals surface area contributed by atoms with Crippen molar-refractivity contribution in [2.45, 2.75) is 52.7 Å². The molecule has 1 aliphatic heterocycles. The highest BCUT2D eigenvalue weighted by Gasteiger charge is 2.33. The van der Waals surface area contributed by atoms with E-state index in [-0.39, 0.29) is 29.9 Å². The molecule has 0 radical (unpaired) electrons. The lowest BCUT2D eigenvalue weighted by Crippen LogP contribution is -2.53. The monoisotopic (exact) mass is 547 g/mol. The Morgan fingerprint density at radius 1 is 1.05 bits per heavy atom. The molecule has 0 fully saturated rings. The molecule has 0 bridgehead atoms. The van der Waals surface area contributed by atoms with Crippen LogP contribution in [0.5, 0.6) is 17.2 Å². The molecule has 11 heteroatoms. The normalized spacial score (nSPS) is 13.5. The summed E-state index contributed by atoms with van der Waals surface area (Å²) in [6.45, 7) is 7.38. The van der Waals surface area contributed by atoms with Crippen LogP contribution in [0.25, 0.3) is 0 Å². The molecule has 2 aromatic carbocycles. The molecule has 0 saturated carbocycles. The number of carbonyl (C=O) groups excluding carboxylic acids is 2. The summed E-state index contributed by atoms with van der Waals surface area (Å²) in [6.07, 6.45) is 0.346. The molecular formula is C27H37N3O7S. The Morgan fingerprint density at radius 2 is 1.76 bits per heavy atom. The second-order valence-corrected chi connectivity index (χ2v) is 11.4. The van der Waals surface area contributed by atoms with Gasteiger partial charge in [0.2, 0.25) is 21.8 Å². The molecule has 1 aliphatic rings. The minimum Gasteiger partial charge on any atom is -0.497 e. The lowest BCUT2D eigenvalue weighted by Gasteiger charge is -2.33. The van der Waals surface area contributed by atoms with Crippen molar-refractivity contribution in [2.75, 3.05) is 36.9 Å². The standard InChI is InChI=1S/C27H37N3O7S/c1-6-23(27(32)28-19(3)4)29(17-20-9-8-10-22(15-20)35-5)26(31)18-30(38(33,34)7-2)21-11-12-24-25(16-21)37-14-13-36-24/h8-12,15-16,19,23H,6-7,13-14,17-18H2,1-5H3,(H,28,32). The molecule has 208 valence electrons. The quantitative estimate of drug-likeness (QED) is 0.435. The number of carbonyl (C=O) groups is 2. The molecular weight excluding hydrogens is 510 g/mol. The minimum absolute atomic E-state index is 0.0984. The number of nitrogens with one attached hydrogen (secondary N) is 1. The molecule has 1 unspecified atom stereocenters. The van der Waals surface area contributed by atoms with Crippen LogP contribution >= 0.6 is 0 Å². The Labute approximate surface area is 224 Å². The Hall–Kier alpha value is -3.47. The van der Waals surface area contributed by atoms with Gasteiger partial charge < -0.3 is 24.4 Å². The van der Waals surface area contributed by atoms with E-state index in [1.54, 1.807) is 43.5 Å². The lowest BCUT2D eigenvalue weighted by molar-refractivity contribution is -0.140. The first kappa shape index (κ1) is 29.1. The number of amides is 2. The predicted octanol–water partition coefficient (Wildman–Crippen LogP) is 2.95. The van der Waals surface area contributed by atoms with E-state index < -0.39 is 28.5 Å². The highest BCUT2D eigenvalue weighted by molar-refractivity contribution is 7.92. The molecule has 1 atom stereocenters. The molecule has 0 spiro atoms. The number of sulfonamides is 1. The lowest BCUT2D eigenvalue weighted by atomic mass is 10.1. The van der Waals surface area contributed by atoms with Crippen LogP contribution in [0.3, 0.4) is 0 Å². The van der Waals surface area contributed by atoms with Gasteiger partial charge in [-0.15, -0.1) is 0 Å². The van der Waals surface area contributed by atoms with Gasteiger partial charge in [-0.2, -0.15) is 0 Å². The predicted molar refractivity (Wildman–Crippen MR) is 145 cm³/mol. The largest absolute Gasteiger partial charge is 0.497 e. The zero-order valence-electron chi connectivity index (χ0n) is 22.6. The Bertz CT molecular complexity index is 1230. The van der Waals surface area contributed by atoms with E-state index in [0.717, 1.165) is 9.87 Å². The third-order valence-electron chi connectivity index (χ3n) is 6.10. The van der Waals surface area contributed by atoms with Gasteiger partial charge >= 0.3 is 0 Å². The Balaban J connectivity index is 1.99. The second-order valence-electron chi connectivity index (χ2n) is 9.20. The van der Waals surface area contributed by atoms with Gasteiger partial charge in [0, 0.05) is 18.7 Å². The SMILES string of the molecule is CCC(C(=O)NC(C)C)N(Cc1cccc(OC)c1)C(=O)CN(c1ccc2c(c1)OCCO2)S(=O)(=O)CC. The van der Waals surface area contributed by atoms with Crippen LogP contribution in [0, 0.1) is 0 Å². The number of fused-ring (bicyclic) bond motifs is 1. The molecule has 2 amide bonds. The Kier molecular flexibility index (Phi) is 9.84. The fraction of sp³-hybridized carbons (Fsp3) is 0.481. The third-order valence-corrected chi connectivity index (χ3v) is 7.84. The van der Waals surface area contributed by atoms with E-state index in [2.05, 4.69) is 5.32 Å². The molecule has 2 aromatic rings. The number of rotatable bonds is 12. The van der Waals surface area contributed by atoms with Gasteiger partial charge in [0.1, 0.15) is 31.5 Å². The van der Waals surface area contributed by atoms with Gasteiger partial charge in [0.15, 0.2) is 11.5 Å². The summed E-state index contributed by atoms with van der Waals surface area (Å²) in [7, 11) is -2.31. The molecule has 1 heterocycles. The van der Waals surface area contributed by atoms with Crippen LogP contribution in [0.4, 0.5) is 5.69 Å². The van der Waals surface area contributed by atoms with E-state index in [9.17, 15) is 18.0 Å². The molecule has 1 N–H and O–H groups in total. The topological polar surface area (TPSA) is 114 Å². The smallest absolute Gasteiger partial charge is 0.244 e. The van der Waals surface area contributed by atoms with Crippen LogP contribution in [0.1, 0.15) is 39.7 Å². The number of anilines is 1. The van der Waals surface area contributed by atoms with E-state index in [4.69, 9.17) is 14.2 Å². The number of methoxy groups -OCH3 is 1. The maximum atomic E-state index is 13.9. The van der Waals surface area contributed by atoms with Crippen molar-refractivity contribution >= 4 is 27.5 Å². The van der Waals surface area contributed by atoms with Crippen LogP contribution in [0.2, 0.25) is 0 Å². The van der Waals surface area contributed by atoms with E-state index in [0.29, 0.717) is 36.9 Å². The second kappa shape index (κ2) is 12.9. The summed E-state index contributed by atoms with van der Waals surface area (Å²) in [5, 5.41) is 2.88. The molecule has 0 aliphatic carbocycles. The third kappa shape index (κ3) is 7.09. The Morgan fingerprint density at radius 3 is 2.39 bits per heavy atom. The zero-order valence-corrected chi connectivity index (χ0v) is 23.4. The van der Waals surface area contributed by atoms with Gasteiger partial charge in [0.05, 0.1) is 18.6 Å². The van der Waals surface area contributed by atoms with Crippen molar-refractivity contribution in [1.82, 2.24) is 10.2 Å². The van der Waals surface area contributed by atoms with Gasteiger partial charge in [0.25, 0.3) is 0 Å². The summed E-state index contributed by atoms with van der Waals surface area (Å²) in [4.78, 5) is 28.4. The van der Waals surface area contributed by atoms with Crippen LogP contribution in [0.15, 0.2) is 42.5 Å². The van der Waals surface area contributed by atoms with Crippen LogP contribution in [-0.4, -0.2) is 69.8 Å². The van der Waals surface area contributed by atoms with Crippen molar-refractivity contribution in [1.29, 1.82) is 0 Å². The average molecular weight is 548 g/mol. The fourth-order valence-electron chi connectivity index (χ4n) is 4.17. The van der Waals surface area contributed by atoms with Gasteiger partial charge in [-0.3, -0.25) is 13.9 Å². The molecule has 10 nitrogen and oxygen atoms in total. The van der Waals surface area contributed by atoms with E-state index in [1.165, 1.54) is 11.8 Å². The van der Waals surface area contributed by atoms with Crippen LogP contribution < -0.4 is 23.8 Å². The number of ether oxygens (including phenoxy) is 3. The maximum absolute atomic E-state index is 13.9. The molecule has 38 heavy (non-hydrogen) atoms. The summed E-state index contributed by atoms with van der Waals surface area (Å²) in [5.41, 5.74) is 1.03. The molecule has 0 saturated heterocycles. The number of hydrogen-bond donors (Lipinski definition) is 1. The highest BCUT2D eigenvalue weighted by atomic mass is 32.2. The molecule has 3 rings (SSSR count). The summed E-state index contributed by atoms with van der Waals surface area (Å²) >= 11 is 0. The maximum Gasteiger partial charge on any atom is 0.244 e. The number of benzene rings is 2. The van der Waals surface area contributed by atoms with E-state index >= 15 is 0 Å². The number of nitrogens with zero attached hydrogens (tertiary/aromatic N) is 2. The van der Waals surface area contributed by atoms with Crippen molar-refractivity contribution in [2.24, 2.45) is 0 Å².